The van der Waals surface area contributed by atoms with Crippen molar-refractivity contribution >= 4 is 23.8 Å². The van der Waals surface area contributed by atoms with Gasteiger partial charge in [-0.15, -0.1) is 10.2 Å². The fraction of sp³-hybridized carbons (Fsp3) is 0.217. The number of carbonyl (C=O) groups is 2. The fourth-order valence-electron chi connectivity index (χ4n) is 3.32. The van der Waals surface area contributed by atoms with E-state index in [-0.39, 0.29) is 30.8 Å². The largest absolute Gasteiger partial charge is 0.463 e. The molecule has 0 spiro atoms. The Hall–Kier alpha value is -3.66. The van der Waals surface area contributed by atoms with Gasteiger partial charge < -0.3 is 15.4 Å². The molecule has 10 heteroatoms. The lowest BCUT2D eigenvalue weighted by atomic mass is 10.2. The average molecular weight is 468 g/mol. The third-order valence-corrected chi connectivity index (χ3v) is 5.92. The second-order valence-electron chi connectivity index (χ2n) is 7.16. The molecule has 2 aromatic carbocycles. The number of ether oxygens (including phenoxy) is 1. The Morgan fingerprint density at radius 2 is 1.91 bits per heavy atom. The topological polar surface area (TPSA) is 98.1 Å². The third kappa shape index (κ3) is 5.40. The van der Waals surface area contributed by atoms with Gasteiger partial charge in [-0.05, 0) is 36.8 Å². The van der Waals surface area contributed by atoms with Gasteiger partial charge in [-0.3, -0.25) is 4.57 Å². The molecule has 33 heavy (non-hydrogen) atoms. The van der Waals surface area contributed by atoms with E-state index in [4.69, 9.17) is 4.74 Å². The summed E-state index contributed by atoms with van der Waals surface area (Å²) < 4.78 is 20.5. The van der Waals surface area contributed by atoms with Crippen LogP contribution in [0.15, 0.2) is 71.0 Å². The summed E-state index contributed by atoms with van der Waals surface area (Å²) in [7, 11) is 0. The molecule has 0 saturated heterocycles. The van der Waals surface area contributed by atoms with Gasteiger partial charge in [0.05, 0.1) is 25.3 Å². The van der Waals surface area contributed by atoms with E-state index in [2.05, 4.69) is 20.8 Å². The monoisotopic (exact) mass is 467 g/mol. The number of esters is 1. The summed E-state index contributed by atoms with van der Waals surface area (Å²) in [6.07, 6.45) is 0. The number of aromatic nitrogens is 3. The maximum absolute atomic E-state index is 13.4. The van der Waals surface area contributed by atoms with E-state index >= 15 is 0 Å². The third-order valence-electron chi connectivity index (χ3n) is 4.92. The van der Waals surface area contributed by atoms with Crippen molar-refractivity contribution in [3.8, 4) is 11.4 Å². The number of hydrogen-bond donors (Lipinski definition) is 2. The number of thioether (sulfide) groups is 1. The minimum absolute atomic E-state index is 0.0953. The zero-order chi connectivity index (χ0) is 23.2. The highest BCUT2D eigenvalue weighted by atomic mass is 32.2. The Morgan fingerprint density at radius 1 is 1.15 bits per heavy atom. The zero-order valence-electron chi connectivity index (χ0n) is 17.9. The van der Waals surface area contributed by atoms with Gasteiger partial charge in [0.25, 0.3) is 0 Å². The SMILES string of the molecule is CCOC(=O)C1=C(CSc2nnc(-c3ccc(F)cc3)n2Cc2ccccc2)NC(=O)NC1. The number of hydrogen-bond acceptors (Lipinski definition) is 6. The van der Waals surface area contributed by atoms with Crippen LogP contribution in [0.5, 0.6) is 0 Å². The Kier molecular flexibility index (Phi) is 7.04. The molecule has 8 nitrogen and oxygen atoms in total. The molecule has 0 fully saturated rings. The first-order chi connectivity index (χ1) is 16.0. The number of halogens is 1. The van der Waals surface area contributed by atoms with Crippen LogP contribution in [0.25, 0.3) is 11.4 Å². The molecule has 0 aliphatic carbocycles. The summed E-state index contributed by atoms with van der Waals surface area (Å²) in [5.41, 5.74) is 2.62. The summed E-state index contributed by atoms with van der Waals surface area (Å²) in [4.78, 5) is 24.2. The van der Waals surface area contributed by atoms with Gasteiger partial charge in [-0.1, -0.05) is 42.1 Å². The van der Waals surface area contributed by atoms with Crippen molar-refractivity contribution in [1.29, 1.82) is 0 Å². The standard InChI is InChI=1S/C23H22FN5O3S/c1-2-32-21(30)18-12-25-22(31)26-19(18)14-33-23-28-27-20(16-8-10-17(24)11-9-16)29(23)13-15-6-4-3-5-7-15/h3-11H,2,12-14H2,1H3,(H2,25,26,31). The van der Waals surface area contributed by atoms with Crippen molar-refractivity contribution in [2.24, 2.45) is 0 Å². The zero-order valence-corrected chi connectivity index (χ0v) is 18.7. The first-order valence-corrected chi connectivity index (χ1v) is 11.3. The summed E-state index contributed by atoms with van der Waals surface area (Å²) in [5.74, 6) is 0.0777. The molecule has 0 unspecified atom stereocenters. The number of nitrogens with zero attached hydrogens (tertiary/aromatic N) is 3. The number of amides is 2. The minimum atomic E-state index is -0.474. The van der Waals surface area contributed by atoms with Crippen molar-refractivity contribution in [2.75, 3.05) is 18.9 Å². The molecule has 1 aliphatic heterocycles. The molecule has 0 saturated carbocycles. The Balaban J connectivity index is 1.64. The van der Waals surface area contributed by atoms with Crippen molar-refractivity contribution in [2.45, 2.75) is 18.6 Å². The van der Waals surface area contributed by atoms with Crippen LogP contribution in [0.4, 0.5) is 9.18 Å². The summed E-state index contributed by atoms with van der Waals surface area (Å²) >= 11 is 1.34. The number of carbonyl (C=O) groups excluding carboxylic acids is 2. The predicted molar refractivity (Wildman–Crippen MR) is 122 cm³/mol. The van der Waals surface area contributed by atoms with Gasteiger partial charge in [0.2, 0.25) is 0 Å². The molecular formula is C23H22FN5O3S. The van der Waals surface area contributed by atoms with E-state index in [1.54, 1.807) is 19.1 Å². The number of nitrogens with one attached hydrogen (secondary N) is 2. The van der Waals surface area contributed by atoms with Crippen molar-refractivity contribution in [3.63, 3.8) is 0 Å². The lowest BCUT2D eigenvalue weighted by molar-refractivity contribution is -0.138. The van der Waals surface area contributed by atoms with E-state index < -0.39 is 5.97 Å². The molecule has 1 aromatic heterocycles. The maximum Gasteiger partial charge on any atom is 0.337 e. The maximum atomic E-state index is 13.4. The van der Waals surface area contributed by atoms with E-state index in [1.165, 1.54) is 23.9 Å². The molecule has 1 aliphatic rings. The summed E-state index contributed by atoms with van der Waals surface area (Å²) in [5, 5.41) is 14.6. The fourth-order valence-corrected chi connectivity index (χ4v) is 4.25. The number of benzene rings is 2. The second-order valence-corrected chi connectivity index (χ2v) is 8.10. The van der Waals surface area contributed by atoms with Crippen LogP contribution in [0.1, 0.15) is 12.5 Å². The van der Waals surface area contributed by atoms with Gasteiger partial charge in [0, 0.05) is 17.0 Å². The molecule has 170 valence electrons. The van der Waals surface area contributed by atoms with E-state index in [0.29, 0.717) is 28.8 Å². The number of rotatable bonds is 8. The highest BCUT2D eigenvalue weighted by molar-refractivity contribution is 7.99. The number of urea groups is 1. The lowest BCUT2D eigenvalue weighted by Crippen LogP contribution is -2.44. The predicted octanol–water partition coefficient (Wildman–Crippen LogP) is 3.35. The second kappa shape index (κ2) is 10.3. The smallest absolute Gasteiger partial charge is 0.337 e. The Labute approximate surface area is 194 Å². The van der Waals surface area contributed by atoms with Crippen LogP contribution in [0.3, 0.4) is 0 Å². The van der Waals surface area contributed by atoms with E-state index in [0.717, 1.165) is 11.1 Å². The summed E-state index contributed by atoms with van der Waals surface area (Å²) in [6, 6.07) is 15.5. The average Bonchev–Trinajstić information content (AvgIpc) is 3.21. The van der Waals surface area contributed by atoms with Gasteiger partial charge in [-0.25, -0.2) is 14.0 Å². The van der Waals surface area contributed by atoms with Crippen LogP contribution in [-0.2, 0) is 16.1 Å². The van der Waals surface area contributed by atoms with E-state index in [9.17, 15) is 14.0 Å². The Bertz CT molecular complexity index is 1180. The molecule has 0 bridgehead atoms. The first-order valence-electron chi connectivity index (χ1n) is 10.3. The molecule has 2 N–H and O–H groups in total. The molecule has 2 heterocycles. The molecule has 2 amide bonds. The van der Waals surface area contributed by atoms with Gasteiger partial charge >= 0.3 is 12.0 Å². The quantitative estimate of drug-likeness (QED) is 0.390. The minimum Gasteiger partial charge on any atom is -0.463 e. The highest BCUT2D eigenvalue weighted by Gasteiger charge is 2.24. The Morgan fingerprint density at radius 3 is 2.64 bits per heavy atom. The first kappa shape index (κ1) is 22.5. The lowest BCUT2D eigenvalue weighted by Gasteiger charge is -2.21. The molecule has 0 radical (unpaired) electrons. The summed E-state index contributed by atoms with van der Waals surface area (Å²) in [6.45, 7) is 2.56. The van der Waals surface area contributed by atoms with Gasteiger partial charge in [-0.2, -0.15) is 0 Å². The molecule has 4 rings (SSSR count). The molecular weight excluding hydrogens is 445 g/mol. The molecule has 3 aromatic rings. The van der Waals surface area contributed by atoms with Crippen molar-refractivity contribution < 1.29 is 18.7 Å². The van der Waals surface area contributed by atoms with Gasteiger partial charge in [0.15, 0.2) is 11.0 Å². The van der Waals surface area contributed by atoms with Crippen LogP contribution in [0.2, 0.25) is 0 Å². The van der Waals surface area contributed by atoms with Crippen LogP contribution in [0, 0.1) is 5.82 Å². The normalized spacial score (nSPS) is 13.5. The van der Waals surface area contributed by atoms with Crippen molar-refractivity contribution in [1.82, 2.24) is 25.4 Å². The van der Waals surface area contributed by atoms with Crippen LogP contribution < -0.4 is 10.6 Å². The van der Waals surface area contributed by atoms with Crippen LogP contribution >= 0.6 is 11.8 Å². The highest BCUT2D eigenvalue weighted by Crippen LogP contribution is 2.27. The molecule has 0 atom stereocenters. The van der Waals surface area contributed by atoms with Crippen LogP contribution in [-0.4, -0.2) is 45.7 Å². The van der Waals surface area contributed by atoms with Gasteiger partial charge in [0.1, 0.15) is 5.82 Å². The van der Waals surface area contributed by atoms with E-state index in [1.807, 2.05) is 34.9 Å². The van der Waals surface area contributed by atoms with Crippen molar-refractivity contribution in [3.05, 3.63) is 77.2 Å².